The molecule has 150 valence electrons. The Kier molecular flexibility index (Phi) is 6.39. The van der Waals surface area contributed by atoms with Gasteiger partial charge in [-0.05, 0) is 72.6 Å². The zero-order chi connectivity index (χ0) is 21.0. The number of carbonyl (C=O) groups is 2. The van der Waals surface area contributed by atoms with Crippen LogP contribution in [0.1, 0.15) is 16.7 Å². The van der Waals surface area contributed by atoms with Crippen molar-refractivity contribution in [1.82, 2.24) is 4.90 Å². The largest absolute Gasteiger partial charge is 0.482 e. The molecule has 1 saturated heterocycles. The third kappa shape index (κ3) is 5.06. The number of amidine groups is 1. The molecule has 1 heterocycles. The van der Waals surface area contributed by atoms with Gasteiger partial charge in [0.25, 0.3) is 5.91 Å². The van der Waals surface area contributed by atoms with Crippen molar-refractivity contribution in [1.29, 1.82) is 0 Å². The van der Waals surface area contributed by atoms with Crippen LogP contribution in [0.2, 0.25) is 0 Å². The summed E-state index contributed by atoms with van der Waals surface area (Å²) in [5.74, 6) is 0.0171. The zero-order valence-electron chi connectivity index (χ0n) is 16.8. The lowest BCUT2D eigenvalue weighted by Crippen LogP contribution is -2.23. The van der Waals surface area contributed by atoms with Gasteiger partial charge in [0.15, 0.2) is 11.8 Å². The van der Waals surface area contributed by atoms with Crippen molar-refractivity contribution < 1.29 is 19.1 Å². The topological polar surface area (TPSA) is 68.2 Å². The first-order valence-corrected chi connectivity index (χ1v) is 9.82. The van der Waals surface area contributed by atoms with Gasteiger partial charge >= 0.3 is 5.97 Å². The summed E-state index contributed by atoms with van der Waals surface area (Å²) in [5.41, 5.74) is 4.04. The molecule has 0 saturated carbocycles. The van der Waals surface area contributed by atoms with Crippen LogP contribution in [-0.2, 0) is 14.3 Å². The molecule has 1 fully saturated rings. The molecule has 1 aliphatic rings. The van der Waals surface area contributed by atoms with Crippen molar-refractivity contribution in [3.63, 3.8) is 0 Å². The van der Waals surface area contributed by atoms with E-state index in [0.717, 1.165) is 16.8 Å². The van der Waals surface area contributed by atoms with Crippen LogP contribution in [0, 0.1) is 13.8 Å². The fourth-order valence-electron chi connectivity index (χ4n) is 2.57. The van der Waals surface area contributed by atoms with Crippen LogP contribution in [0.15, 0.2) is 52.4 Å². The van der Waals surface area contributed by atoms with Crippen LogP contribution in [0.5, 0.6) is 5.75 Å². The van der Waals surface area contributed by atoms with Crippen LogP contribution in [0.4, 0.5) is 5.69 Å². The van der Waals surface area contributed by atoms with Gasteiger partial charge in [0.2, 0.25) is 0 Å². The van der Waals surface area contributed by atoms with E-state index in [0.29, 0.717) is 15.8 Å². The molecule has 2 aromatic rings. The Bertz CT molecular complexity index is 996. The first kappa shape index (κ1) is 20.7. The maximum atomic E-state index is 12.6. The molecule has 0 radical (unpaired) electrons. The number of hydrogen-bond donors (Lipinski definition) is 0. The van der Waals surface area contributed by atoms with E-state index in [1.165, 1.54) is 24.4 Å². The van der Waals surface area contributed by atoms with E-state index in [2.05, 4.69) is 16.7 Å². The highest BCUT2D eigenvalue weighted by Gasteiger charge is 2.30. The second-order valence-corrected chi connectivity index (χ2v) is 7.58. The highest BCUT2D eigenvalue weighted by atomic mass is 32.2. The van der Waals surface area contributed by atoms with Crippen molar-refractivity contribution in [2.45, 2.75) is 13.8 Å². The number of rotatable bonds is 5. The summed E-state index contributed by atoms with van der Waals surface area (Å²) >= 11 is 1.34. The number of aliphatic imine (C=N–C) groups is 1. The quantitative estimate of drug-likeness (QED) is 0.549. The van der Waals surface area contributed by atoms with Crippen LogP contribution in [-0.4, -0.2) is 42.7 Å². The summed E-state index contributed by atoms with van der Waals surface area (Å²) in [7, 11) is 3.03. The molecule has 7 heteroatoms. The molecule has 2 aromatic carbocycles. The van der Waals surface area contributed by atoms with E-state index in [1.54, 1.807) is 24.1 Å². The van der Waals surface area contributed by atoms with Gasteiger partial charge in [-0.1, -0.05) is 18.2 Å². The smallest absolute Gasteiger partial charge is 0.343 e. The van der Waals surface area contributed by atoms with E-state index < -0.39 is 5.97 Å². The number of hydrogen-bond acceptors (Lipinski definition) is 6. The van der Waals surface area contributed by atoms with Crippen molar-refractivity contribution >= 4 is 40.6 Å². The second-order valence-electron chi connectivity index (χ2n) is 6.57. The van der Waals surface area contributed by atoms with Crippen molar-refractivity contribution in [3.05, 3.63) is 64.1 Å². The molecular weight excluding hydrogens is 388 g/mol. The Morgan fingerprint density at radius 2 is 1.86 bits per heavy atom. The number of nitrogens with zero attached hydrogens (tertiary/aromatic N) is 2. The Hall–Kier alpha value is -3.06. The predicted molar refractivity (Wildman–Crippen MR) is 115 cm³/mol. The molecule has 0 spiro atoms. The molecule has 0 atom stereocenters. The summed E-state index contributed by atoms with van der Waals surface area (Å²) in [6.45, 7) is 3.95. The zero-order valence-corrected chi connectivity index (χ0v) is 17.6. The van der Waals surface area contributed by atoms with E-state index in [-0.39, 0.29) is 12.5 Å². The summed E-state index contributed by atoms with van der Waals surface area (Å²) in [6, 6.07) is 13.1. The first-order chi connectivity index (χ1) is 13.9. The number of ether oxygens (including phenoxy) is 2. The lowest BCUT2D eigenvalue weighted by Gasteiger charge is -2.08. The summed E-state index contributed by atoms with van der Waals surface area (Å²) in [6.07, 6.45) is 1.82. The summed E-state index contributed by atoms with van der Waals surface area (Å²) in [5, 5.41) is 0.641. The highest BCUT2D eigenvalue weighted by Crippen LogP contribution is 2.33. The number of methoxy groups -OCH3 is 1. The van der Waals surface area contributed by atoms with E-state index in [4.69, 9.17) is 4.74 Å². The normalized spacial score (nSPS) is 16.6. The van der Waals surface area contributed by atoms with E-state index in [9.17, 15) is 9.59 Å². The average Bonchev–Trinajstić information content (AvgIpc) is 2.97. The van der Waals surface area contributed by atoms with Gasteiger partial charge in [0.05, 0.1) is 17.7 Å². The van der Waals surface area contributed by atoms with Gasteiger partial charge < -0.3 is 9.47 Å². The number of benzene rings is 2. The molecule has 0 N–H and O–H groups in total. The van der Waals surface area contributed by atoms with Gasteiger partial charge in [0, 0.05) is 7.05 Å². The minimum Gasteiger partial charge on any atom is -0.482 e. The average molecular weight is 410 g/mol. The maximum Gasteiger partial charge on any atom is 0.343 e. The SMILES string of the molecule is COC(=O)COc1ccc(/C=C2/SC(=Nc3ccc(C)c(C)c3)N(C)C2=O)cc1. The van der Waals surface area contributed by atoms with Gasteiger partial charge in [-0.25, -0.2) is 9.79 Å². The molecule has 6 nitrogen and oxygen atoms in total. The number of thioether (sulfide) groups is 1. The molecule has 0 unspecified atom stereocenters. The standard InChI is InChI=1S/C22H22N2O4S/c1-14-5-8-17(11-15(14)2)23-22-24(3)21(26)19(29-22)12-16-6-9-18(10-7-16)28-13-20(25)27-4/h5-12H,13H2,1-4H3/b19-12+,23-22?. The number of esters is 1. The molecule has 0 aromatic heterocycles. The molecule has 3 rings (SSSR count). The van der Waals surface area contributed by atoms with E-state index in [1.807, 2.05) is 43.3 Å². The van der Waals surface area contributed by atoms with Crippen molar-refractivity contribution in [2.24, 2.45) is 4.99 Å². The summed E-state index contributed by atoms with van der Waals surface area (Å²) in [4.78, 5) is 30.5. The van der Waals surface area contributed by atoms with Gasteiger partial charge in [-0.3, -0.25) is 9.69 Å². The van der Waals surface area contributed by atoms with Crippen LogP contribution < -0.4 is 4.74 Å². The first-order valence-electron chi connectivity index (χ1n) is 9.00. The van der Waals surface area contributed by atoms with Crippen molar-refractivity contribution in [2.75, 3.05) is 20.8 Å². The maximum absolute atomic E-state index is 12.6. The van der Waals surface area contributed by atoms with Crippen LogP contribution >= 0.6 is 11.8 Å². The Morgan fingerprint density at radius 1 is 1.14 bits per heavy atom. The minimum atomic E-state index is -0.442. The number of likely N-dealkylation sites (N-methyl/N-ethyl adjacent to an activating group) is 1. The van der Waals surface area contributed by atoms with Crippen LogP contribution in [0.3, 0.4) is 0 Å². The van der Waals surface area contributed by atoms with Gasteiger partial charge in [-0.2, -0.15) is 0 Å². The Labute approximate surface area is 174 Å². The fourth-order valence-corrected chi connectivity index (χ4v) is 3.56. The third-order valence-electron chi connectivity index (χ3n) is 4.48. The molecular formula is C22H22N2O4S. The molecule has 1 amide bonds. The van der Waals surface area contributed by atoms with Gasteiger partial charge in [0.1, 0.15) is 5.75 Å². The Balaban J connectivity index is 1.74. The monoisotopic (exact) mass is 410 g/mol. The second kappa shape index (κ2) is 8.96. The third-order valence-corrected chi connectivity index (χ3v) is 5.54. The summed E-state index contributed by atoms with van der Waals surface area (Å²) < 4.78 is 9.87. The molecule has 0 bridgehead atoms. The van der Waals surface area contributed by atoms with Gasteiger partial charge in [-0.15, -0.1) is 0 Å². The molecule has 0 aliphatic carbocycles. The Morgan fingerprint density at radius 3 is 2.52 bits per heavy atom. The molecule has 29 heavy (non-hydrogen) atoms. The highest BCUT2D eigenvalue weighted by molar-refractivity contribution is 8.18. The lowest BCUT2D eigenvalue weighted by molar-refractivity contribution is -0.142. The number of amides is 1. The minimum absolute atomic E-state index is 0.0939. The fraction of sp³-hybridized carbons (Fsp3) is 0.227. The van der Waals surface area contributed by atoms with Crippen molar-refractivity contribution in [3.8, 4) is 5.75 Å². The predicted octanol–water partition coefficient (Wildman–Crippen LogP) is 4.09. The number of carbonyl (C=O) groups excluding carboxylic acids is 2. The lowest BCUT2D eigenvalue weighted by atomic mass is 10.1. The number of aryl methyl sites for hydroxylation is 2. The molecule has 1 aliphatic heterocycles. The van der Waals surface area contributed by atoms with E-state index >= 15 is 0 Å². The van der Waals surface area contributed by atoms with Crippen LogP contribution in [0.25, 0.3) is 6.08 Å².